The van der Waals surface area contributed by atoms with Crippen molar-refractivity contribution in [3.63, 3.8) is 0 Å². The third-order valence-electron chi connectivity index (χ3n) is 5.59. The molecule has 31 heavy (non-hydrogen) atoms. The van der Waals surface area contributed by atoms with Gasteiger partial charge in [-0.05, 0) is 54.3 Å². The van der Waals surface area contributed by atoms with E-state index in [1.54, 1.807) is 54.2 Å². The van der Waals surface area contributed by atoms with E-state index in [9.17, 15) is 9.59 Å². The first-order valence-corrected chi connectivity index (χ1v) is 10.3. The van der Waals surface area contributed by atoms with Crippen LogP contribution in [-0.2, 0) is 7.05 Å². The summed E-state index contributed by atoms with van der Waals surface area (Å²) in [6.45, 7) is 0. The molecule has 8 nitrogen and oxygen atoms in total. The topological polar surface area (TPSA) is 130 Å². The van der Waals surface area contributed by atoms with Crippen LogP contribution < -0.4 is 17.2 Å². The summed E-state index contributed by atoms with van der Waals surface area (Å²) in [6, 6.07) is 12.1. The van der Waals surface area contributed by atoms with Gasteiger partial charge in [-0.1, -0.05) is 31.4 Å². The average Bonchev–Trinajstić information content (AvgIpc) is 3.14. The van der Waals surface area contributed by atoms with Crippen molar-refractivity contribution in [2.45, 2.75) is 38.1 Å². The van der Waals surface area contributed by atoms with Gasteiger partial charge in [-0.2, -0.15) is 0 Å². The van der Waals surface area contributed by atoms with Crippen LogP contribution in [0.15, 0.2) is 51.9 Å². The zero-order valence-corrected chi connectivity index (χ0v) is 17.4. The van der Waals surface area contributed by atoms with Crippen molar-refractivity contribution in [1.29, 1.82) is 0 Å². The van der Waals surface area contributed by atoms with Crippen molar-refractivity contribution < 1.29 is 14.0 Å². The van der Waals surface area contributed by atoms with Gasteiger partial charge in [-0.25, -0.2) is 9.67 Å². The molecule has 1 fully saturated rings. The second-order valence-corrected chi connectivity index (χ2v) is 7.80. The van der Waals surface area contributed by atoms with Gasteiger partial charge in [-0.15, -0.1) is 5.10 Å². The number of primary amides is 2. The molecule has 0 saturated heterocycles. The molecule has 4 N–H and O–H groups in total. The summed E-state index contributed by atoms with van der Waals surface area (Å²) in [7, 11) is 1.80. The SMILES string of the molecule is Cn1nc(-c2ccc(C(N)=O)c(-c3ccc(C(N)=O)cc3)c2)oc1=NC1CCCCC1. The summed E-state index contributed by atoms with van der Waals surface area (Å²) in [5.74, 6) is -0.661. The second-order valence-electron chi connectivity index (χ2n) is 7.80. The minimum Gasteiger partial charge on any atom is -0.403 e. The maximum absolute atomic E-state index is 12.0. The number of nitrogens with zero attached hydrogens (tertiary/aromatic N) is 3. The molecule has 0 aliphatic heterocycles. The Morgan fingerprint density at radius 1 is 1.00 bits per heavy atom. The summed E-state index contributed by atoms with van der Waals surface area (Å²) >= 11 is 0. The Morgan fingerprint density at radius 2 is 1.68 bits per heavy atom. The Balaban J connectivity index is 1.74. The molecule has 1 aliphatic rings. The van der Waals surface area contributed by atoms with Crippen molar-refractivity contribution in [2.24, 2.45) is 23.5 Å². The van der Waals surface area contributed by atoms with Crippen LogP contribution in [0, 0.1) is 0 Å². The zero-order valence-electron chi connectivity index (χ0n) is 17.4. The molecule has 8 heteroatoms. The Hall–Kier alpha value is -3.68. The van der Waals surface area contributed by atoms with E-state index in [1.807, 2.05) is 0 Å². The normalized spacial score (nSPS) is 15.2. The molecule has 0 bridgehead atoms. The molecule has 0 spiro atoms. The summed E-state index contributed by atoms with van der Waals surface area (Å²) in [5, 5.41) is 4.47. The van der Waals surface area contributed by atoms with Gasteiger partial charge in [0.1, 0.15) is 0 Å². The average molecular weight is 419 g/mol. The van der Waals surface area contributed by atoms with Gasteiger partial charge in [0.25, 0.3) is 0 Å². The fourth-order valence-corrected chi connectivity index (χ4v) is 3.89. The molecule has 0 radical (unpaired) electrons. The van der Waals surface area contributed by atoms with E-state index in [2.05, 4.69) is 5.10 Å². The molecule has 1 aromatic heterocycles. The van der Waals surface area contributed by atoms with Crippen LogP contribution in [0.1, 0.15) is 52.8 Å². The predicted molar refractivity (Wildman–Crippen MR) is 116 cm³/mol. The Kier molecular flexibility index (Phi) is 5.70. The lowest BCUT2D eigenvalue weighted by Crippen LogP contribution is -2.20. The maximum Gasteiger partial charge on any atom is 0.315 e. The largest absolute Gasteiger partial charge is 0.403 e. The standard InChI is InChI=1S/C23H25N5O3/c1-28-23(26-17-5-3-2-4-6-17)31-22(27-28)16-11-12-18(21(25)30)19(13-16)14-7-9-15(10-8-14)20(24)29/h7-13,17H,2-6H2,1H3,(H2,24,29)(H2,25,30). The lowest BCUT2D eigenvalue weighted by molar-refractivity contribution is 0.0992. The summed E-state index contributed by atoms with van der Waals surface area (Å²) < 4.78 is 7.59. The number of benzene rings is 2. The van der Waals surface area contributed by atoms with E-state index < -0.39 is 11.8 Å². The molecule has 2 aromatic carbocycles. The minimum absolute atomic E-state index is 0.261. The van der Waals surface area contributed by atoms with Crippen molar-refractivity contribution >= 4 is 11.8 Å². The molecule has 0 unspecified atom stereocenters. The summed E-state index contributed by atoms with van der Waals surface area (Å²) in [5.41, 5.74) is 14.2. The molecular weight excluding hydrogens is 394 g/mol. The van der Waals surface area contributed by atoms with Crippen LogP contribution in [0.2, 0.25) is 0 Å². The fourth-order valence-electron chi connectivity index (χ4n) is 3.89. The first-order valence-electron chi connectivity index (χ1n) is 10.3. The zero-order chi connectivity index (χ0) is 22.0. The van der Waals surface area contributed by atoms with Gasteiger partial charge in [0.2, 0.25) is 17.7 Å². The van der Waals surface area contributed by atoms with Gasteiger partial charge in [0, 0.05) is 23.7 Å². The number of rotatable bonds is 5. The fraction of sp³-hybridized carbons (Fsp3) is 0.304. The second kappa shape index (κ2) is 8.59. The highest BCUT2D eigenvalue weighted by Gasteiger charge is 2.17. The van der Waals surface area contributed by atoms with E-state index in [0.717, 1.165) is 18.4 Å². The lowest BCUT2D eigenvalue weighted by Gasteiger charge is -2.16. The first kappa shape index (κ1) is 20.6. The number of nitrogens with two attached hydrogens (primary N) is 2. The maximum atomic E-state index is 12.0. The number of carbonyl (C=O) groups is 2. The highest BCUT2D eigenvalue weighted by Crippen LogP contribution is 2.29. The minimum atomic E-state index is -0.550. The van der Waals surface area contributed by atoms with E-state index >= 15 is 0 Å². The van der Waals surface area contributed by atoms with Crippen molar-refractivity contribution in [3.8, 4) is 22.6 Å². The van der Waals surface area contributed by atoms with Gasteiger partial charge in [0.15, 0.2) is 0 Å². The number of aryl methyl sites for hydroxylation is 1. The van der Waals surface area contributed by atoms with Crippen LogP contribution in [0.4, 0.5) is 0 Å². The molecule has 4 rings (SSSR count). The van der Waals surface area contributed by atoms with E-state index in [-0.39, 0.29) is 6.04 Å². The predicted octanol–water partition coefficient (Wildman–Crippen LogP) is 2.78. The molecule has 0 atom stereocenters. The molecular formula is C23H25N5O3. The highest BCUT2D eigenvalue weighted by molar-refractivity contribution is 6.01. The smallest absolute Gasteiger partial charge is 0.315 e. The van der Waals surface area contributed by atoms with Gasteiger partial charge >= 0.3 is 5.68 Å². The van der Waals surface area contributed by atoms with Gasteiger partial charge in [-0.3, -0.25) is 9.59 Å². The van der Waals surface area contributed by atoms with Crippen LogP contribution in [0.25, 0.3) is 22.6 Å². The number of hydrogen-bond donors (Lipinski definition) is 2. The van der Waals surface area contributed by atoms with Crippen LogP contribution in [0.5, 0.6) is 0 Å². The van der Waals surface area contributed by atoms with Crippen LogP contribution >= 0.6 is 0 Å². The number of carbonyl (C=O) groups excluding carboxylic acids is 2. The lowest BCUT2D eigenvalue weighted by atomic mass is 9.96. The van der Waals surface area contributed by atoms with Gasteiger partial charge in [0.05, 0.1) is 6.04 Å². The summed E-state index contributed by atoms with van der Waals surface area (Å²) in [4.78, 5) is 28.1. The molecule has 1 saturated carbocycles. The Bertz CT molecular complexity index is 1180. The highest BCUT2D eigenvalue weighted by atomic mass is 16.4. The number of amides is 2. The molecule has 160 valence electrons. The number of hydrogen-bond acceptors (Lipinski definition) is 5. The molecule has 3 aromatic rings. The van der Waals surface area contributed by atoms with Crippen molar-refractivity contribution in [2.75, 3.05) is 0 Å². The quantitative estimate of drug-likeness (QED) is 0.658. The first-order chi connectivity index (χ1) is 14.9. The molecule has 1 heterocycles. The van der Waals surface area contributed by atoms with E-state index in [4.69, 9.17) is 20.9 Å². The number of aromatic nitrogens is 2. The van der Waals surface area contributed by atoms with Gasteiger partial charge < -0.3 is 15.9 Å². The van der Waals surface area contributed by atoms with Crippen molar-refractivity contribution in [1.82, 2.24) is 9.78 Å². The monoisotopic (exact) mass is 419 g/mol. The van der Waals surface area contributed by atoms with E-state index in [1.165, 1.54) is 19.3 Å². The third kappa shape index (κ3) is 4.42. The third-order valence-corrected chi connectivity index (χ3v) is 5.59. The Labute approximate surface area is 179 Å². The molecule has 1 aliphatic carbocycles. The van der Waals surface area contributed by atoms with E-state index in [0.29, 0.717) is 33.8 Å². The Morgan fingerprint density at radius 3 is 2.32 bits per heavy atom. The summed E-state index contributed by atoms with van der Waals surface area (Å²) in [6.07, 6.45) is 5.76. The van der Waals surface area contributed by atoms with Crippen LogP contribution in [0.3, 0.4) is 0 Å². The van der Waals surface area contributed by atoms with Crippen LogP contribution in [-0.4, -0.2) is 27.6 Å². The molecule has 2 amide bonds. The van der Waals surface area contributed by atoms with Crippen molar-refractivity contribution in [3.05, 3.63) is 59.3 Å².